The highest BCUT2D eigenvalue weighted by atomic mass is 16.5. The molecule has 11 nitrogen and oxygen atoms in total. The molecular weight excluding hydrogens is 460 g/mol. The van der Waals surface area contributed by atoms with Gasteiger partial charge in [0.1, 0.15) is 12.1 Å². The first-order chi connectivity index (χ1) is 17.6. The lowest BCUT2D eigenvalue weighted by atomic mass is 9.99. The molecule has 2 fully saturated rings. The number of tetrazole rings is 1. The van der Waals surface area contributed by atoms with Crippen LogP contribution in [-0.2, 0) is 16.0 Å². The number of fused-ring (bicyclic) bond motifs is 2. The van der Waals surface area contributed by atoms with Gasteiger partial charge in [0.25, 0.3) is 0 Å². The number of carbonyl (C=O) groups excluding carboxylic acids is 1. The fourth-order valence-corrected chi connectivity index (χ4v) is 5.50. The van der Waals surface area contributed by atoms with Crippen LogP contribution in [0.1, 0.15) is 35.3 Å². The van der Waals surface area contributed by atoms with Crippen LogP contribution in [0.3, 0.4) is 0 Å². The summed E-state index contributed by atoms with van der Waals surface area (Å²) in [4.78, 5) is 26.1. The average molecular weight is 487 g/mol. The number of nitrogens with zero attached hydrogens (tertiary/aromatic N) is 8. The second-order valence-corrected chi connectivity index (χ2v) is 9.35. The van der Waals surface area contributed by atoms with Crippen molar-refractivity contribution in [3.63, 3.8) is 0 Å². The van der Waals surface area contributed by atoms with Crippen LogP contribution in [0.4, 0.5) is 5.69 Å². The molecule has 2 saturated heterocycles. The lowest BCUT2D eigenvalue weighted by Gasteiger charge is -2.46. The smallest absolute Gasteiger partial charge is 0.230 e. The molecule has 0 radical (unpaired) electrons. The van der Waals surface area contributed by atoms with Crippen LogP contribution in [0.15, 0.2) is 36.7 Å². The van der Waals surface area contributed by atoms with E-state index in [0.717, 1.165) is 42.8 Å². The number of aromatic nitrogens is 5. The van der Waals surface area contributed by atoms with Crippen LogP contribution in [0.25, 0.3) is 10.7 Å². The van der Waals surface area contributed by atoms with Crippen molar-refractivity contribution < 1.29 is 14.3 Å². The Balaban J connectivity index is 1.11. The molecule has 2 aliphatic heterocycles. The largest absolute Gasteiger partial charge is 0.508 e. The predicted molar refractivity (Wildman–Crippen MR) is 128 cm³/mol. The Morgan fingerprint density at radius 1 is 1.22 bits per heavy atom. The summed E-state index contributed by atoms with van der Waals surface area (Å²) in [6, 6.07) is 9.66. The summed E-state index contributed by atoms with van der Waals surface area (Å²) in [7, 11) is 1.58. The van der Waals surface area contributed by atoms with Crippen LogP contribution < -0.4 is 4.74 Å². The molecule has 0 spiro atoms. The fourth-order valence-electron chi connectivity index (χ4n) is 5.50. The number of rotatable bonds is 4. The Kier molecular flexibility index (Phi) is 5.83. The van der Waals surface area contributed by atoms with Crippen molar-refractivity contribution in [3.8, 4) is 11.6 Å². The van der Waals surface area contributed by atoms with Gasteiger partial charge in [0, 0.05) is 31.9 Å². The van der Waals surface area contributed by atoms with E-state index >= 15 is 0 Å². The van der Waals surface area contributed by atoms with E-state index in [2.05, 4.69) is 25.3 Å². The van der Waals surface area contributed by atoms with Crippen molar-refractivity contribution in [2.24, 2.45) is 0 Å². The van der Waals surface area contributed by atoms with Crippen LogP contribution in [0, 0.1) is 6.57 Å². The average Bonchev–Trinajstić information content (AvgIpc) is 3.62. The number of carbonyl (C=O) groups is 1. The molecule has 2 aromatic heterocycles. The number of amides is 1. The molecule has 0 saturated carbocycles. The number of methoxy groups -OCH3 is 1. The molecule has 1 unspecified atom stereocenters. The number of morpholine rings is 1. The van der Waals surface area contributed by atoms with Gasteiger partial charge in [-0.15, -0.1) is 5.10 Å². The summed E-state index contributed by atoms with van der Waals surface area (Å²) >= 11 is 0. The molecule has 11 heteroatoms. The number of ether oxygens (including phenoxy) is 2. The SMILES string of the molecule is [C-]#[N+]c1ccc([C@H]2CN3CCN(C(=O)C4CCc5nc(-n6cnnn6)ccc54)C[C@H]3CO2)cc1OC. The Morgan fingerprint density at radius 3 is 2.94 bits per heavy atom. The predicted octanol–water partition coefficient (Wildman–Crippen LogP) is 1.93. The maximum absolute atomic E-state index is 13.5. The van der Waals surface area contributed by atoms with E-state index in [0.29, 0.717) is 37.0 Å². The molecule has 0 N–H and O–H groups in total. The summed E-state index contributed by atoms with van der Waals surface area (Å²) < 4.78 is 13.1. The number of pyridine rings is 1. The first-order valence-electron chi connectivity index (χ1n) is 12.1. The molecule has 3 atom stereocenters. The third kappa shape index (κ3) is 3.98. The van der Waals surface area contributed by atoms with E-state index in [1.807, 2.05) is 29.2 Å². The Hall–Kier alpha value is -3.88. The number of piperazine rings is 1. The zero-order valence-corrected chi connectivity index (χ0v) is 19.9. The van der Waals surface area contributed by atoms with Crippen molar-refractivity contribution in [2.75, 3.05) is 39.9 Å². The second kappa shape index (κ2) is 9.29. The van der Waals surface area contributed by atoms with Crippen molar-refractivity contribution in [1.82, 2.24) is 35.0 Å². The van der Waals surface area contributed by atoms with Gasteiger partial charge in [0.2, 0.25) is 11.6 Å². The zero-order valence-electron chi connectivity index (χ0n) is 19.9. The highest BCUT2D eigenvalue weighted by Gasteiger charge is 2.39. The normalized spacial score (nSPS) is 23.6. The molecule has 1 aliphatic carbocycles. The maximum atomic E-state index is 13.5. The Labute approximate surface area is 208 Å². The third-order valence-electron chi connectivity index (χ3n) is 7.42. The standard InChI is InChI=1S/C25H26N8O3/c1-26-21-6-3-16(11-22(21)35-2)23-13-31-9-10-32(12-17(31)14-36-23)25(34)19-4-7-20-18(19)5-8-24(28-20)33-15-27-29-30-33/h3,5-6,8,11,15,17,19,23H,4,7,9-10,12-14H2,2H3/t17-,19?,23+/m0/s1. The summed E-state index contributed by atoms with van der Waals surface area (Å²) in [6.45, 7) is 10.8. The van der Waals surface area contributed by atoms with Crippen molar-refractivity contribution in [2.45, 2.75) is 30.9 Å². The van der Waals surface area contributed by atoms with Crippen LogP contribution in [-0.4, -0.2) is 86.8 Å². The van der Waals surface area contributed by atoms with Crippen molar-refractivity contribution in [3.05, 3.63) is 64.9 Å². The zero-order chi connectivity index (χ0) is 24.6. The molecular formula is C25H26N8O3. The molecule has 4 heterocycles. The number of benzene rings is 1. The molecule has 6 rings (SSSR count). The maximum Gasteiger partial charge on any atom is 0.230 e. The topological polar surface area (TPSA) is 103 Å². The van der Waals surface area contributed by atoms with Crippen LogP contribution >= 0.6 is 0 Å². The first kappa shape index (κ1) is 22.6. The van der Waals surface area contributed by atoms with Crippen molar-refractivity contribution in [1.29, 1.82) is 0 Å². The van der Waals surface area contributed by atoms with E-state index in [-0.39, 0.29) is 24.0 Å². The van der Waals surface area contributed by atoms with Gasteiger partial charge in [0.05, 0.1) is 38.4 Å². The first-order valence-corrected chi connectivity index (χ1v) is 12.1. The van der Waals surface area contributed by atoms with Crippen LogP contribution in [0.5, 0.6) is 5.75 Å². The molecule has 184 valence electrons. The molecule has 0 bridgehead atoms. The highest BCUT2D eigenvalue weighted by Crippen LogP contribution is 2.36. The molecule has 3 aromatic rings. The summed E-state index contributed by atoms with van der Waals surface area (Å²) in [5.41, 5.74) is 3.46. The monoisotopic (exact) mass is 486 g/mol. The van der Waals surface area contributed by atoms with E-state index in [9.17, 15) is 4.79 Å². The molecule has 36 heavy (non-hydrogen) atoms. The van der Waals surface area contributed by atoms with Crippen LogP contribution in [0.2, 0.25) is 0 Å². The Bertz CT molecular complexity index is 1320. The van der Waals surface area contributed by atoms with Gasteiger partial charge in [0.15, 0.2) is 5.82 Å². The summed E-state index contributed by atoms with van der Waals surface area (Å²) in [5.74, 6) is 1.25. The summed E-state index contributed by atoms with van der Waals surface area (Å²) in [5, 5.41) is 11.2. The minimum Gasteiger partial charge on any atom is -0.508 e. The van der Waals surface area contributed by atoms with Gasteiger partial charge in [-0.3, -0.25) is 9.69 Å². The highest BCUT2D eigenvalue weighted by molar-refractivity contribution is 5.85. The van der Waals surface area contributed by atoms with E-state index in [1.165, 1.54) is 11.0 Å². The fraction of sp³-hybridized carbons (Fsp3) is 0.440. The van der Waals surface area contributed by atoms with Gasteiger partial charge in [-0.05, 0) is 46.5 Å². The lowest BCUT2D eigenvalue weighted by Crippen LogP contribution is -2.60. The van der Waals surface area contributed by atoms with E-state index in [1.54, 1.807) is 13.2 Å². The minimum absolute atomic E-state index is 0.0839. The van der Waals surface area contributed by atoms with Gasteiger partial charge >= 0.3 is 0 Å². The summed E-state index contributed by atoms with van der Waals surface area (Å²) in [6.07, 6.45) is 2.97. The van der Waals surface area contributed by atoms with E-state index in [4.69, 9.17) is 21.0 Å². The minimum atomic E-state index is -0.160. The Morgan fingerprint density at radius 2 is 2.14 bits per heavy atom. The number of hydrogen-bond donors (Lipinski definition) is 0. The number of hydrogen-bond acceptors (Lipinski definition) is 8. The lowest BCUT2D eigenvalue weighted by molar-refractivity contribution is -0.141. The second-order valence-electron chi connectivity index (χ2n) is 9.35. The van der Waals surface area contributed by atoms with E-state index < -0.39 is 0 Å². The molecule has 3 aliphatic rings. The third-order valence-corrected chi connectivity index (χ3v) is 7.42. The quantitative estimate of drug-likeness (QED) is 0.516. The molecule has 1 aromatic carbocycles. The van der Waals surface area contributed by atoms with Gasteiger partial charge in [-0.2, -0.15) is 4.68 Å². The number of aryl methyl sites for hydroxylation is 1. The van der Waals surface area contributed by atoms with Crippen molar-refractivity contribution >= 4 is 11.6 Å². The van der Waals surface area contributed by atoms with Gasteiger partial charge in [-0.1, -0.05) is 18.2 Å². The van der Waals surface area contributed by atoms with Gasteiger partial charge < -0.3 is 14.4 Å². The van der Waals surface area contributed by atoms with Gasteiger partial charge in [-0.25, -0.2) is 9.83 Å². The molecule has 1 amide bonds.